The first-order valence-corrected chi connectivity index (χ1v) is 11.1. The highest BCUT2D eigenvalue weighted by molar-refractivity contribution is 9.10. The molecule has 1 saturated heterocycles. The van der Waals surface area contributed by atoms with Crippen molar-refractivity contribution in [1.29, 1.82) is 0 Å². The lowest BCUT2D eigenvalue weighted by Gasteiger charge is -2.33. The van der Waals surface area contributed by atoms with Crippen LogP contribution in [0, 0.1) is 5.82 Å². The van der Waals surface area contributed by atoms with E-state index in [2.05, 4.69) is 21.2 Å². The lowest BCUT2D eigenvalue weighted by Crippen LogP contribution is -2.49. The Morgan fingerprint density at radius 1 is 1.07 bits per heavy atom. The Balaban J connectivity index is 1.95. The van der Waals surface area contributed by atoms with Gasteiger partial charge in [-0.25, -0.2) is 4.39 Å². The van der Waals surface area contributed by atoms with Gasteiger partial charge in [-0.3, -0.25) is 9.59 Å². The van der Waals surface area contributed by atoms with Crippen LogP contribution in [0.3, 0.4) is 0 Å². The summed E-state index contributed by atoms with van der Waals surface area (Å²) in [6, 6.07) is 16.0. The standard InChI is InChI=1S/C24H28BrFN2O2/c1-24(2,3)27-22(29)15-28-21(17-7-5-4-6-8-17)14-18(13-20(25)23(28)30)16-9-11-19(26)12-10-16/h4-12,18,20-21H,13-15H2,1-3H3,(H,27,29). The number of alkyl halides is 1. The van der Waals surface area contributed by atoms with E-state index in [1.54, 1.807) is 17.0 Å². The number of nitrogens with one attached hydrogen (secondary N) is 1. The number of rotatable bonds is 4. The zero-order valence-electron chi connectivity index (χ0n) is 17.6. The molecule has 3 unspecified atom stereocenters. The third-order valence-electron chi connectivity index (χ3n) is 5.28. The molecule has 1 N–H and O–H groups in total. The zero-order valence-corrected chi connectivity index (χ0v) is 19.2. The van der Waals surface area contributed by atoms with Crippen LogP contribution in [0.2, 0.25) is 0 Å². The average molecular weight is 475 g/mol. The highest BCUT2D eigenvalue weighted by Gasteiger charge is 2.38. The molecule has 4 nitrogen and oxygen atoms in total. The fourth-order valence-electron chi connectivity index (χ4n) is 3.98. The SMILES string of the molecule is CC(C)(C)NC(=O)CN1C(=O)C(Br)CC(c2ccc(F)cc2)CC1c1ccccc1. The zero-order chi connectivity index (χ0) is 21.9. The van der Waals surface area contributed by atoms with Gasteiger partial charge in [0.2, 0.25) is 11.8 Å². The summed E-state index contributed by atoms with van der Waals surface area (Å²) >= 11 is 3.55. The van der Waals surface area contributed by atoms with Crippen molar-refractivity contribution in [1.82, 2.24) is 10.2 Å². The number of nitrogens with zero attached hydrogens (tertiary/aromatic N) is 1. The van der Waals surface area contributed by atoms with Gasteiger partial charge in [-0.1, -0.05) is 58.4 Å². The van der Waals surface area contributed by atoms with Crippen molar-refractivity contribution in [2.45, 2.75) is 55.9 Å². The number of carbonyl (C=O) groups excluding carboxylic acids is 2. The minimum Gasteiger partial charge on any atom is -0.350 e. The number of benzene rings is 2. The van der Waals surface area contributed by atoms with Gasteiger partial charge >= 0.3 is 0 Å². The predicted octanol–water partition coefficient (Wildman–Crippen LogP) is 4.95. The Labute approximate surface area is 186 Å². The first kappa shape index (κ1) is 22.5. The molecule has 2 amide bonds. The van der Waals surface area contributed by atoms with Crippen LogP contribution in [0.15, 0.2) is 54.6 Å². The van der Waals surface area contributed by atoms with Gasteiger partial charge in [0.25, 0.3) is 0 Å². The fourth-order valence-corrected chi connectivity index (χ4v) is 4.69. The van der Waals surface area contributed by atoms with Gasteiger partial charge in [-0.2, -0.15) is 0 Å². The molecule has 3 rings (SSSR count). The molecular formula is C24H28BrFN2O2. The molecule has 6 heteroatoms. The maximum Gasteiger partial charge on any atom is 0.240 e. The molecule has 1 fully saturated rings. The summed E-state index contributed by atoms with van der Waals surface area (Å²) in [5, 5.41) is 2.95. The van der Waals surface area contributed by atoms with Gasteiger partial charge in [0.15, 0.2) is 0 Å². The molecule has 0 bridgehead atoms. The molecule has 3 atom stereocenters. The summed E-state index contributed by atoms with van der Waals surface area (Å²) in [5.74, 6) is -0.507. The minimum absolute atomic E-state index is 0.00605. The number of hydrogen-bond donors (Lipinski definition) is 1. The third kappa shape index (κ3) is 5.69. The number of hydrogen-bond acceptors (Lipinski definition) is 2. The lowest BCUT2D eigenvalue weighted by atomic mass is 9.87. The second-order valence-corrected chi connectivity index (χ2v) is 9.98. The van der Waals surface area contributed by atoms with E-state index in [9.17, 15) is 14.0 Å². The quantitative estimate of drug-likeness (QED) is 0.637. The second-order valence-electron chi connectivity index (χ2n) is 8.88. The number of carbonyl (C=O) groups is 2. The van der Waals surface area contributed by atoms with Crippen molar-refractivity contribution >= 4 is 27.7 Å². The van der Waals surface area contributed by atoms with E-state index in [-0.39, 0.29) is 41.7 Å². The van der Waals surface area contributed by atoms with E-state index in [0.717, 1.165) is 11.1 Å². The van der Waals surface area contributed by atoms with Crippen molar-refractivity contribution in [2.24, 2.45) is 0 Å². The first-order chi connectivity index (χ1) is 14.1. The number of halogens is 2. The van der Waals surface area contributed by atoms with Gasteiger partial charge in [0.1, 0.15) is 12.4 Å². The largest absolute Gasteiger partial charge is 0.350 e. The Kier molecular flexibility index (Phi) is 6.96. The Bertz CT molecular complexity index is 880. The molecule has 0 spiro atoms. The molecule has 30 heavy (non-hydrogen) atoms. The molecule has 1 heterocycles. The smallest absolute Gasteiger partial charge is 0.240 e. The molecule has 0 radical (unpaired) electrons. The van der Waals surface area contributed by atoms with Gasteiger partial charge in [0, 0.05) is 5.54 Å². The second kappa shape index (κ2) is 9.29. The van der Waals surface area contributed by atoms with Crippen LogP contribution in [0.1, 0.15) is 56.7 Å². The van der Waals surface area contributed by atoms with Crippen molar-refractivity contribution < 1.29 is 14.0 Å². The maximum absolute atomic E-state index is 13.4. The average Bonchev–Trinajstić information content (AvgIpc) is 2.80. The van der Waals surface area contributed by atoms with E-state index in [1.165, 1.54) is 12.1 Å². The van der Waals surface area contributed by atoms with Crippen molar-refractivity contribution in [2.75, 3.05) is 6.54 Å². The third-order valence-corrected chi connectivity index (χ3v) is 6.05. The van der Waals surface area contributed by atoms with E-state index in [1.807, 2.05) is 51.1 Å². The molecule has 0 aliphatic carbocycles. The Morgan fingerprint density at radius 2 is 1.70 bits per heavy atom. The van der Waals surface area contributed by atoms with Crippen LogP contribution in [0.4, 0.5) is 4.39 Å². The topological polar surface area (TPSA) is 49.4 Å². The lowest BCUT2D eigenvalue weighted by molar-refractivity contribution is -0.138. The normalized spacial score (nSPS) is 22.5. The summed E-state index contributed by atoms with van der Waals surface area (Å²) in [6.45, 7) is 5.75. The molecule has 0 aromatic heterocycles. The van der Waals surface area contributed by atoms with Crippen LogP contribution < -0.4 is 5.32 Å². The van der Waals surface area contributed by atoms with Crippen LogP contribution in [-0.2, 0) is 9.59 Å². The first-order valence-electron chi connectivity index (χ1n) is 10.2. The summed E-state index contributed by atoms with van der Waals surface area (Å²) in [6.07, 6.45) is 1.25. The number of amides is 2. The van der Waals surface area contributed by atoms with E-state index in [0.29, 0.717) is 12.8 Å². The summed E-state index contributed by atoms with van der Waals surface area (Å²) in [4.78, 5) is 27.3. The monoisotopic (exact) mass is 474 g/mol. The maximum atomic E-state index is 13.4. The number of likely N-dealkylation sites (tertiary alicyclic amines) is 1. The highest BCUT2D eigenvalue weighted by atomic mass is 79.9. The minimum atomic E-state index is -0.413. The van der Waals surface area contributed by atoms with Crippen molar-refractivity contribution in [3.05, 3.63) is 71.5 Å². The van der Waals surface area contributed by atoms with Crippen LogP contribution in [0.5, 0.6) is 0 Å². The van der Waals surface area contributed by atoms with Gasteiger partial charge in [0.05, 0.1) is 10.9 Å². The predicted molar refractivity (Wildman–Crippen MR) is 120 cm³/mol. The van der Waals surface area contributed by atoms with Crippen LogP contribution in [-0.4, -0.2) is 33.6 Å². The van der Waals surface area contributed by atoms with E-state index < -0.39 is 4.83 Å². The van der Waals surface area contributed by atoms with Gasteiger partial charge in [-0.05, 0) is 62.8 Å². The van der Waals surface area contributed by atoms with Crippen LogP contribution >= 0.6 is 15.9 Å². The van der Waals surface area contributed by atoms with Crippen molar-refractivity contribution in [3.8, 4) is 0 Å². The molecule has 0 saturated carbocycles. The highest BCUT2D eigenvalue weighted by Crippen LogP contribution is 2.40. The Morgan fingerprint density at radius 3 is 2.30 bits per heavy atom. The summed E-state index contributed by atoms with van der Waals surface area (Å²) in [5.41, 5.74) is 1.61. The molecule has 1 aliphatic heterocycles. The summed E-state index contributed by atoms with van der Waals surface area (Å²) in [7, 11) is 0. The molecule has 2 aromatic rings. The van der Waals surface area contributed by atoms with Gasteiger partial charge in [-0.15, -0.1) is 0 Å². The Hall–Kier alpha value is -2.21. The molecular weight excluding hydrogens is 447 g/mol. The summed E-state index contributed by atoms with van der Waals surface area (Å²) < 4.78 is 13.4. The molecule has 160 valence electrons. The van der Waals surface area contributed by atoms with E-state index >= 15 is 0 Å². The molecule has 2 aromatic carbocycles. The molecule has 1 aliphatic rings. The van der Waals surface area contributed by atoms with E-state index in [4.69, 9.17) is 0 Å². The van der Waals surface area contributed by atoms with Gasteiger partial charge < -0.3 is 10.2 Å². The van der Waals surface area contributed by atoms with Crippen molar-refractivity contribution in [3.63, 3.8) is 0 Å². The van der Waals surface area contributed by atoms with Crippen LogP contribution in [0.25, 0.3) is 0 Å². The fraction of sp³-hybridized carbons (Fsp3) is 0.417.